The van der Waals surface area contributed by atoms with Crippen LogP contribution in [0.25, 0.3) is 0 Å². The summed E-state index contributed by atoms with van der Waals surface area (Å²) in [5, 5.41) is 2.99. The molecule has 1 aromatic carbocycles. The Morgan fingerprint density at radius 1 is 1.41 bits per heavy atom. The van der Waals surface area contributed by atoms with Crippen molar-refractivity contribution >= 4 is 29.6 Å². The number of hydrogen-bond donors (Lipinski definition) is 2. The highest BCUT2D eigenvalue weighted by Gasteiger charge is 2.31. The maximum absolute atomic E-state index is 11.9. The molecule has 1 saturated heterocycles. The Morgan fingerprint density at radius 2 is 2.09 bits per heavy atom. The van der Waals surface area contributed by atoms with Gasteiger partial charge >= 0.3 is 18.0 Å². The number of rotatable bonds is 5. The zero-order chi connectivity index (χ0) is 16.1. The highest BCUT2D eigenvalue weighted by Crippen LogP contribution is 2.21. The molecule has 8 heteroatoms. The number of nitrogens with two attached hydrogens (primary N) is 1. The molecule has 2 rings (SSSR count). The molecule has 118 valence electrons. The van der Waals surface area contributed by atoms with E-state index in [1.165, 1.54) is 0 Å². The van der Waals surface area contributed by atoms with Crippen LogP contribution < -0.4 is 11.1 Å². The van der Waals surface area contributed by atoms with Gasteiger partial charge in [0.05, 0.1) is 19.1 Å². The van der Waals surface area contributed by atoms with E-state index in [4.69, 9.17) is 26.8 Å². The molecule has 22 heavy (non-hydrogen) atoms. The van der Waals surface area contributed by atoms with E-state index in [1.807, 2.05) is 0 Å². The van der Waals surface area contributed by atoms with Gasteiger partial charge in [-0.05, 0) is 17.7 Å². The van der Waals surface area contributed by atoms with Crippen LogP contribution in [-0.2, 0) is 19.1 Å². The van der Waals surface area contributed by atoms with E-state index in [2.05, 4.69) is 5.32 Å². The van der Waals surface area contributed by atoms with Crippen molar-refractivity contribution < 1.29 is 23.9 Å². The molecule has 2 atom stereocenters. The summed E-state index contributed by atoms with van der Waals surface area (Å²) in [5.74, 6) is -1.18. The van der Waals surface area contributed by atoms with Gasteiger partial charge in [0.1, 0.15) is 0 Å². The Kier molecular flexibility index (Phi) is 5.21. The lowest BCUT2D eigenvalue weighted by Crippen LogP contribution is -2.35. The quantitative estimate of drug-likeness (QED) is 0.793. The van der Waals surface area contributed by atoms with Gasteiger partial charge in [-0.1, -0.05) is 23.7 Å². The number of hydrogen-bond acceptors (Lipinski definition) is 5. The van der Waals surface area contributed by atoms with Crippen LogP contribution in [-0.4, -0.2) is 30.7 Å². The van der Waals surface area contributed by atoms with Crippen molar-refractivity contribution in [2.75, 3.05) is 6.61 Å². The second-order valence-corrected chi connectivity index (χ2v) is 5.19. The van der Waals surface area contributed by atoms with Crippen molar-refractivity contribution in [1.29, 1.82) is 0 Å². The molecule has 1 heterocycles. The largest absolute Gasteiger partial charge is 0.463 e. The Bertz CT molecular complexity index is 575. The van der Waals surface area contributed by atoms with Crippen LogP contribution in [0.5, 0.6) is 0 Å². The van der Waals surface area contributed by atoms with Gasteiger partial charge in [-0.2, -0.15) is 0 Å². The lowest BCUT2D eigenvalue weighted by atomic mass is 10.0. The number of halogens is 1. The number of ether oxygens (including phenoxy) is 2. The molecule has 0 unspecified atom stereocenters. The van der Waals surface area contributed by atoms with Gasteiger partial charge in [0.15, 0.2) is 0 Å². The number of esters is 2. The number of carbonyl (C=O) groups is 3. The Morgan fingerprint density at radius 3 is 2.64 bits per heavy atom. The fourth-order valence-corrected chi connectivity index (χ4v) is 2.20. The predicted molar refractivity (Wildman–Crippen MR) is 77.0 cm³/mol. The van der Waals surface area contributed by atoms with Crippen LogP contribution in [0.1, 0.15) is 24.4 Å². The van der Waals surface area contributed by atoms with Gasteiger partial charge in [0.2, 0.25) is 6.10 Å². The third-order valence-corrected chi connectivity index (χ3v) is 3.37. The number of nitrogens with one attached hydrogen (secondary N) is 1. The summed E-state index contributed by atoms with van der Waals surface area (Å²) in [4.78, 5) is 34.3. The van der Waals surface area contributed by atoms with E-state index in [9.17, 15) is 14.4 Å². The Labute approximate surface area is 131 Å². The number of urea groups is 1. The van der Waals surface area contributed by atoms with Crippen molar-refractivity contribution in [3.63, 3.8) is 0 Å². The second kappa shape index (κ2) is 7.13. The minimum absolute atomic E-state index is 0.158. The fraction of sp³-hybridized carbons (Fsp3) is 0.357. The number of primary amides is 1. The highest BCUT2D eigenvalue weighted by molar-refractivity contribution is 6.30. The average Bonchev–Trinajstić information content (AvgIpc) is 2.84. The standard InChI is InChI=1S/C14H15ClN2O5/c15-9-3-1-8(2-4-9)10(17-14(16)20)7-12(18)22-11-5-6-21-13(11)19/h1-4,10-11H,5-7H2,(H3,16,17,20)/t10-,11-/m1/s1. The minimum Gasteiger partial charge on any atom is -0.463 e. The molecular weight excluding hydrogens is 312 g/mol. The second-order valence-electron chi connectivity index (χ2n) is 4.75. The van der Waals surface area contributed by atoms with Crippen LogP contribution in [0.15, 0.2) is 24.3 Å². The lowest BCUT2D eigenvalue weighted by Gasteiger charge is -2.18. The first kappa shape index (κ1) is 16.1. The lowest BCUT2D eigenvalue weighted by molar-refractivity contribution is -0.160. The molecule has 0 aliphatic carbocycles. The van der Waals surface area contributed by atoms with Gasteiger partial charge < -0.3 is 20.5 Å². The Hall–Kier alpha value is -2.28. The molecular formula is C14H15ClN2O5. The number of benzene rings is 1. The minimum atomic E-state index is -0.882. The molecule has 7 nitrogen and oxygen atoms in total. The molecule has 2 amide bonds. The third-order valence-electron chi connectivity index (χ3n) is 3.12. The summed E-state index contributed by atoms with van der Waals surface area (Å²) >= 11 is 5.80. The van der Waals surface area contributed by atoms with E-state index in [1.54, 1.807) is 24.3 Å². The molecule has 0 radical (unpaired) electrons. The van der Waals surface area contributed by atoms with Crippen LogP contribution >= 0.6 is 11.6 Å². The Balaban J connectivity index is 2.02. The van der Waals surface area contributed by atoms with Crippen LogP contribution in [0.4, 0.5) is 4.79 Å². The number of amides is 2. The first-order valence-corrected chi connectivity index (χ1v) is 7.01. The van der Waals surface area contributed by atoms with Gasteiger partial charge in [0.25, 0.3) is 0 Å². The topological polar surface area (TPSA) is 108 Å². The molecule has 1 aliphatic heterocycles. The van der Waals surface area contributed by atoms with Crippen molar-refractivity contribution in [1.82, 2.24) is 5.32 Å². The summed E-state index contributed by atoms with van der Waals surface area (Å²) in [5.41, 5.74) is 5.77. The van der Waals surface area contributed by atoms with Crippen molar-refractivity contribution in [3.05, 3.63) is 34.9 Å². The maximum atomic E-state index is 11.9. The summed E-state index contributed by atoms with van der Waals surface area (Å²) in [6.07, 6.45) is -0.708. The smallest absolute Gasteiger partial charge is 0.347 e. The van der Waals surface area contributed by atoms with Gasteiger partial charge in [-0.25, -0.2) is 9.59 Å². The average molecular weight is 327 g/mol. The molecule has 0 bridgehead atoms. The van der Waals surface area contributed by atoms with Crippen molar-refractivity contribution in [3.8, 4) is 0 Å². The molecule has 0 aromatic heterocycles. The fourth-order valence-electron chi connectivity index (χ4n) is 2.08. The van der Waals surface area contributed by atoms with Crippen LogP contribution in [0.2, 0.25) is 5.02 Å². The molecule has 1 aromatic rings. The summed E-state index contributed by atoms with van der Waals surface area (Å²) < 4.78 is 9.76. The summed E-state index contributed by atoms with van der Waals surface area (Å²) in [7, 11) is 0. The molecule has 0 saturated carbocycles. The first-order valence-electron chi connectivity index (χ1n) is 6.63. The van der Waals surface area contributed by atoms with E-state index < -0.39 is 30.1 Å². The van der Waals surface area contributed by atoms with E-state index in [0.717, 1.165) is 0 Å². The van der Waals surface area contributed by atoms with E-state index in [-0.39, 0.29) is 13.0 Å². The monoisotopic (exact) mass is 326 g/mol. The molecule has 3 N–H and O–H groups in total. The predicted octanol–water partition coefficient (Wildman–Crippen LogP) is 1.30. The highest BCUT2D eigenvalue weighted by atomic mass is 35.5. The normalized spacial score (nSPS) is 18.4. The molecule has 0 spiro atoms. The number of carbonyl (C=O) groups excluding carboxylic acids is 3. The third kappa shape index (κ3) is 4.36. The van der Waals surface area contributed by atoms with E-state index in [0.29, 0.717) is 17.0 Å². The SMILES string of the molecule is NC(=O)N[C@H](CC(=O)O[C@@H]1CCOC1=O)c1ccc(Cl)cc1. The van der Waals surface area contributed by atoms with E-state index >= 15 is 0 Å². The van der Waals surface area contributed by atoms with Gasteiger partial charge in [-0.15, -0.1) is 0 Å². The van der Waals surface area contributed by atoms with Crippen molar-refractivity contribution in [2.24, 2.45) is 5.73 Å². The van der Waals surface area contributed by atoms with Crippen LogP contribution in [0, 0.1) is 0 Å². The number of cyclic esters (lactones) is 1. The molecule has 1 aliphatic rings. The maximum Gasteiger partial charge on any atom is 0.347 e. The summed E-state index contributed by atoms with van der Waals surface area (Å²) in [6, 6.07) is 5.16. The van der Waals surface area contributed by atoms with Gasteiger partial charge in [0, 0.05) is 11.4 Å². The zero-order valence-corrected chi connectivity index (χ0v) is 12.3. The zero-order valence-electron chi connectivity index (χ0n) is 11.6. The first-order chi connectivity index (χ1) is 10.5. The van der Waals surface area contributed by atoms with Gasteiger partial charge in [-0.3, -0.25) is 4.79 Å². The summed E-state index contributed by atoms with van der Waals surface area (Å²) in [6.45, 7) is 0.233. The van der Waals surface area contributed by atoms with Crippen molar-refractivity contribution in [2.45, 2.75) is 25.0 Å². The molecule has 1 fully saturated rings. The van der Waals surface area contributed by atoms with Crippen LogP contribution in [0.3, 0.4) is 0 Å².